The molecule has 1 rings (SSSR count). The summed E-state index contributed by atoms with van der Waals surface area (Å²) in [6.07, 6.45) is 2.02. The summed E-state index contributed by atoms with van der Waals surface area (Å²) in [5.74, 6) is 0. The summed E-state index contributed by atoms with van der Waals surface area (Å²) >= 11 is 1.67. The second-order valence-electron chi connectivity index (χ2n) is 2.30. The van der Waals surface area contributed by atoms with Crippen molar-refractivity contribution in [1.29, 1.82) is 5.26 Å². The Bertz CT molecular complexity index is 299. The molecule has 0 radical (unpaired) electrons. The summed E-state index contributed by atoms with van der Waals surface area (Å²) in [6, 6.07) is 7.85. The predicted octanol–water partition coefficient (Wildman–Crippen LogP) is 3.61. The zero-order valence-electron chi connectivity index (χ0n) is 8.59. The molecule has 0 aliphatic rings. The van der Waals surface area contributed by atoms with Gasteiger partial charge >= 0.3 is 0 Å². The van der Waals surface area contributed by atoms with Gasteiger partial charge in [-0.3, -0.25) is 0 Å². The average Bonchev–Trinajstić information content (AvgIpc) is 2.22. The SMILES string of the molecule is CC.CSc1cc(C#N)ccc1C. The van der Waals surface area contributed by atoms with Crippen molar-refractivity contribution in [1.82, 2.24) is 0 Å². The average molecular weight is 193 g/mol. The first kappa shape index (κ1) is 12.1. The van der Waals surface area contributed by atoms with Gasteiger partial charge in [0.2, 0.25) is 0 Å². The third-order valence-electron chi connectivity index (χ3n) is 1.54. The van der Waals surface area contributed by atoms with Gasteiger partial charge in [-0.2, -0.15) is 5.26 Å². The maximum Gasteiger partial charge on any atom is 0.0992 e. The second-order valence-corrected chi connectivity index (χ2v) is 3.14. The fourth-order valence-electron chi connectivity index (χ4n) is 0.890. The standard InChI is InChI=1S/C9H9NS.C2H6/c1-7-3-4-8(6-10)5-9(7)11-2;1-2/h3-5H,1-2H3;1-2H3. The van der Waals surface area contributed by atoms with Gasteiger partial charge in [0, 0.05) is 4.90 Å². The van der Waals surface area contributed by atoms with E-state index in [2.05, 4.69) is 6.07 Å². The third-order valence-corrected chi connectivity index (χ3v) is 2.42. The van der Waals surface area contributed by atoms with Crippen LogP contribution in [0.3, 0.4) is 0 Å². The highest BCUT2D eigenvalue weighted by Crippen LogP contribution is 2.20. The molecule has 0 amide bonds. The normalized spacial score (nSPS) is 8.23. The zero-order chi connectivity index (χ0) is 10.3. The Morgan fingerprint density at radius 2 is 1.92 bits per heavy atom. The fraction of sp³-hybridized carbons (Fsp3) is 0.364. The Kier molecular flexibility index (Phi) is 6.09. The van der Waals surface area contributed by atoms with Crippen molar-refractivity contribution in [3.63, 3.8) is 0 Å². The van der Waals surface area contributed by atoms with Gasteiger partial charge in [-0.25, -0.2) is 0 Å². The molecule has 1 nitrogen and oxygen atoms in total. The van der Waals surface area contributed by atoms with Gasteiger partial charge in [0.1, 0.15) is 0 Å². The van der Waals surface area contributed by atoms with Crippen LogP contribution in [0.15, 0.2) is 23.1 Å². The topological polar surface area (TPSA) is 23.8 Å². The van der Waals surface area contributed by atoms with Gasteiger partial charge in [0.25, 0.3) is 0 Å². The minimum Gasteiger partial charge on any atom is -0.192 e. The maximum atomic E-state index is 8.59. The molecule has 0 N–H and O–H groups in total. The van der Waals surface area contributed by atoms with Gasteiger partial charge in [0.05, 0.1) is 11.6 Å². The van der Waals surface area contributed by atoms with E-state index in [9.17, 15) is 0 Å². The first-order chi connectivity index (χ1) is 6.27. The minimum absolute atomic E-state index is 0.736. The molecule has 0 heterocycles. The molecule has 0 aliphatic carbocycles. The van der Waals surface area contributed by atoms with Crippen LogP contribution >= 0.6 is 11.8 Å². The molecular formula is C11H15NS. The van der Waals surface area contributed by atoms with E-state index in [0.717, 1.165) is 5.56 Å². The Labute approximate surface area is 84.8 Å². The molecule has 0 spiro atoms. The molecule has 2 heteroatoms. The summed E-state index contributed by atoms with van der Waals surface area (Å²) in [6.45, 7) is 6.05. The number of nitriles is 1. The van der Waals surface area contributed by atoms with Crippen LogP contribution in [0.5, 0.6) is 0 Å². The lowest BCUT2D eigenvalue weighted by Gasteiger charge is -2.00. The van der Waals surface area contributed by atoms with Crippen molar-refractivity contribution in [3.05, 3.63) is 29.3 Å². The second kappa shape index (κ2) is 6.56. The number of aryl methyl sites for hydroxylation is 1. The van der Waals surface area contributed by atoms with Crippen LogP contribution in [0, 0.1) is 18.3 Å². The molecule has 0 bridgehead atoms. The summed E-state index contributed by atoms with van der Waals surface area (Å²) in [5, 5.41) is 8.59. The lowest BCUT2D eigenvalue weighted by atomic mass is 10.2. The minimum atomic E-state index is 0.736. The molecule has 1 aromatic rings. The van der Waals surface area contributed by atoms with E-state index in [1.54, 1.807) is 11.8 Å². The number of rotatable bonds is 1. The number of thioether (sulfide) groups is 1. The first-order valence-corrected chi connectivity index (χ1v) is 5.55. The number of hydrogen-bond donors (Lipinski definition) is 0. The van der Waals surface area contributed by atoms with E-state index in [-0.39, 0.29) is 0 Å². The summed E-state index contributed by atoms with van der Waals surface area (Å²) in [7, 11) is 0. The summed E-state index contributed by atoms with van der Waals surface area (Å²) in [4.78, 5) is 1.18. The van der Waals surface area contributed by atoms with Crippen molar-refractivity contribution in [2.45, 2.75) is 25.7 Å². The number of benzene rings is 1. The van der Waals surface area contributed by atoms with Gasteiger partial charge in [-0.1, -0.05) is 19.9 Å². The molecule has 1 aromatic carbocycles. The molecule has 0 aliphatic heterocycles. The van der Waals surface area contributed by atoms with Gasteiger partial charge in [-0.15, -0.1) is 11.8 Å². The molecule has 0 aromatic heterocycles. The van der Waals surface area contributed by atoms with Gasteiger partial charge in [0.15, 0.2) is 0 Å². The van der Waals surface area contributed by atoms with Crippen molar-refractivity contribution in [2.75, 3.05) is 6.26 Å². The van der Waals surface area contributed by atoms with Crippen LogP contribution in [-0.2, 0) is 0 Å². The number of hydrogen-bond acceptors (Lipinski definition) is 2. The smallest absolute Gasteiger partial charge is 0.0992 e. The van der Waals surface area contributed by atoms with Crippen molar-refractivity contribution in [3.8, 4) is 6.07 Å². The monoisotopic (exact) mass is 193 g/mol. The van der Waals surface area contributed by atoms with Crippen LogP contribution in [-0.4, -0.2) is 6.26 Å². The first-order valence-electron chi connectivity index (χ1n) is 4.32. The van der Waals surface area contributed by atoms with E-state index in [1.807, 2.05) is 45.2 Å². The van der Waals surface area contributed by atoms with E-state index < -0.39 is 0 Å². The lowest BCUT2D eigenvalue weighted by molar-refractivity contribution is 1.29. The summed E-state index contributed by atoms with van der Waals surface area (Å²) < 4.78 is 0. The molecular weight excluding hydrogens is 178 g/mol. The molecule has 0 saturated carbocycles. The van der Waals surface area contributed by atoms with Crippen molar-refractivity contribution < 1.29 is 0 Å². The van der Waals surface area contributed by atoms with Crippen LogP contribution in [0.4, 0.5) is 0 Å². The molecule has 0 saturated heterocycles. The van der Waals surface area contributed by atoms with Crippen LogP contribution in [0.25, 0.3) is 0 Å². The maximum absolute atomic E-state index is 8.59. The van der Waals surface area contributed by atoms with Gasteiger partial charge in [-0.05, 0) is 30.9 Å². The highest BCUT2D eigenvalue weighted by atomic mass is 32.2. The molecule has 0 unspecified atom stereocenters. The zero-order valence-corrected chi connectivity index (χ0v) is 9.40. The van der Waals surface area contributed by atoms with Crippen LogP contribution in [0.1, 0.15) is 25.0 Å². The predicted molar refractivity (Wildman–Crippen MR) is 59.0 cm³/mol. The van der Waals surface area contributed by atoms with E-state index >= 15 is 0 Å². The van der Waals surface area contributed by atoms with E-state index in [1.165, 1.54) is 10.5 Å². The molecule has 70 valence electrons. The van der Waals surface area contributed by atoms with Gasteiger partial charge < -0.3 is 0 Å². The number of nitrogens with zero attached hydrogens (tertiary/aromatic N) is 1. The van der Waals surface area contributed by atoms with Crippen LogP contribution < -0.4 is 0 Å². The quantitative estimate of drug-likeness (QED) is 0.636. The Balaban J connectivity index is 0.000000671. The van der Waals surface area contributed by atoms with Crippen LogP contribution in [0.2, 0.25) is 0 Å². The van der Waals surface area contributed by atoms with E-state index in [0.29, 0.717) is 0 Å². The fourth-order valence-corrected chi connectivity index (χ4v) is 1.52. The summed E-state index contributed by atoms with van der Waals surface area (Å²) in [5.41, 5.74) is 1.97. The van der Waals surface area contributed by atoms with Crippen molar-refractivity contribution in [2.24, 2.45) is 0 Å². The Morgan fingerprint density at radius 3 is 2.38 bits per heavy atom. The Hall–Kier alpha value is -0.940. The lowest BCUT2D eigenvalue weighted by Crippen LogP contribution is -1.80. The highest BCUT2D eigenvalue weighted by molar-refractivity contribution is 7.98. The third kappa shape index (κ3) is 3.52. The molecule has 13 heavy (non-hydrogen) atoms. The molecule has 0 atom stereocenters. The Morgan fingerprint density at radius 1 is 1.31 bits per heavy atom. The molecule has 0 fully saturated rings. The largest absolute Gasteiger partial charge is 0.192 e. The van der Waals surface area contributed by atoms with Crippen molar-refractivity contribution >= 4 is 11.8 Å². The highest BCUT2D eigenvalue weighted by Gasteiger charge is 1.96. The van der Waals surface area contributed by atoms with E-state index in [4.69, 9.17) is 5.26 Å².